The molecule has 8 N–H and O–H groups in total. The number of amides is 1. The highest BCUT2D eigenvalue weighted by Gasteiger charge is 2.47. The second-order valence-electron chi connectivity index (χ2n) is 10.2. The minimum atomic E-state index is -1.71. The van der Waals surface area contributed by atoms with E-state index >= 15 is 0 Å². The van der Waals surface area contributed by atoms with Crippen molar-refractivity contribution < 1.29 is 63.9 Å². The van der Waals surface area contributed by atoms with Crippen molar-refractivity contribution in [2.24, 2.45) is 0 Å². The third-order valence-corrected chi connectivity index (χ3v) is 7.09. The van der Waals surface area contributed by atoms with E-state index in [4.69, 9.17) is 23.4 Å². The molecule has 2 aromatic rings. The average Bonchev–Trinajstić information content (AvgIpc) is 2.92. The summed E-state index contributed by atoms with van der Waals surface area (Å²) < 4.78 is 27.9. The zero-order valence-electron chi connectivity index (χ0n) is 22.3. The second-order valence-corrected chi connectivity index (χ2v) is 10.2. The van der Waals surface area contributed by atoms with Crippen LogP contribution in [0.25, 0.3) is 11.0 Å². The Balaban J connectivity index is 1.44. The maximum atomic E-state index is 11.7. The van der Waals surface area contributed by atoms with Crippen molar-refractivity contribution in [3.63, 3.8) is 0 Å². The summed E-state index contributed by atoms with van der Waals surface area (Å²) in [5.41, 5.74) is 0.356. The standard InChI is InChI=1S/C26H35NO14/c1-10-5-18(32)39-16-6-12(3-4-13(10)16)38-26-24(36)23(35)22(34)17(40-26)9-37-19-7-14(30)20(27-11(2)29)25(41-19)21(33)15(31)8-28/h3-6,14-15,17,19-26,28,30-31,33-36H,7-9H2,1-2H3,(H,27,29)/t14-,15+,17-,19-,20+,21+,22-,23-,24+,25+,26+/m0/s1. The summed E-state index contributed by atoms with van der Waals surface area (Å²) in [5, 5.41) is 74.7. The van der Waals surface area contributed by atoms with Gasteiger partial charge in [-0.1, -0.05) is 0 Å². The maximum Gasteiger partial charge on any atom is 0.336 e. The van der Waals surface area contributed by atoms with E-state index in [1.165, 1.54) is 19.1 Å². The van der Waals surface area contributed by atoms with Crippen molar-refractivity contribution in [2.45, 2.75) is 87.7 Å². The van der Waals surface area contributed by atoms with E-state index in [2.05, 4.69) is 5.32 Å². The van der Waals surface area contributed by atoms with Gasteiger partial charge in [0.05, 0.1) is 25.4 Å². The molecule has 0 unspecified atom stereocenters. The van der Waals surface area contributed by atoms with Crippen LogP contribution in [0.3, 0.4) is 0 Å². The van der Waals surface area contributed by atoms with Crippen molar-refractivity contribution in [1.82, 2.24) is 5.32 Å². The molecule has 1 aromatic carbocycles. The number of fused-ring (bicyclic) bond motifs is 1. The van der Waals surface area contributed by atoms with E-state index in [0.29, 0.717) is 10.9 Å². The van der Waals surface area contributed by atoms with Crippen LogP contribution in [0.4, 0.5) is 0 Å². The number of hydrogen-bond acceptors (Lipinski definition) is 14. The van der Waals surface area contributed by atoms with Gasteiger partial charge < -0.3 is 64.4 Å². The normalized spacial score (nSPS) is 33.7. The van der Waals surface area contributed by atoms with Crippen molar-refractivity contribution in [1.29, 1.82) is 0 Å². The second kappa shape index (κ2) is 13.1. The topological polar surface area (TPSA) is 238 Å². The Morgan fingerprint density at radius 3 is 2.51 bits per heavy atom. The Morgan fingerprint density at radius 1 is 1.10 bits per heavy atom. The molecule has 1 aromatic heterocycles. The summed E-state index contributed by atoms with van der Waals surface area (Å²) >= 11 is 0. The van der Waals surface area contributed by atoms with Crippen LogP contribution in [-0.4, -0.2) is 122 Å². The first-order valence-corrected chi connectivity index (χ1v) is 13.0. The number of nitrogens with one attached hydrogen (secondary N) is 1. The fraction of sp³-hybridized carbons (Fsp3) is 0.615. The number of carbonyl (C=O) groups excluding carboxylic acids is 1. The van der Waals surface area contributed by atoms with Crippen LogP contribution < -0.4 is 15.7 Å². The Bertz CT molecular complexity index is 1250. The predicted molar refractivity (Wildman–Crippen MR) is 136 cm³/mol. The summed E-state index contributed by atoms with van der Waals surface area (Å²) in [7, 11) is 0. The lowest BCUT2D eigenvalue weighted by Gasteiger charge is -2.43. The number of aliphatic hydroxyl groups is 7. The lowest BCUT2D eigenvalue weighted by atomic mass is 9.92. The summed E-state index contributed by atoms with van der Waals surface area (Å²) in [5.74, 6) is -0.394. The number of carbonyl (C=O) groups is 1. The van der Waals surface area contributed by atoms with Gasteiger partial charge in [0, 0.05) is 30.9 Å². The molecular weight excluding hydrogens is 550 g/mol. The van der Waals surface area contributed by atoms with Gasteiger partial charge in [0.15, 0.2) is 6.29 Å². The van der Waals surface area contributed by atoms with Crippen LogP contribution in [0, 0.1) is 6.92 Å². The zero-order valence-corrected chi connectivity index (χ0v) is 22.3. The average molecular weight is 586 g/mol. The minimum absolute atomic E-state index is 0.139. The SMILES string of the molecule is CC(=O)N[C@H]1[C@H]([C@H](O)[C@H](O)CO)O[C@H](OC[C@@H]2O[C@@H](Oc3ccc4c(C)cc(=O)oc4c3)[C@H](O)[C@@H](O)[C@H]2O)C[C@@H]1O. The van der Waals surface area contributed by atoms with Gasteiger partial charge in [-0.2, -0.15) is 0 Å². The Labute approximate surface area is 233 Å². The summed E-state index contributed by atoms with van der Waals surface area (Å²) in [6.45, 7) is 1.67. The zero-order chi connectivity index (χ0) is 30.0. The molecule has 15 nitrogen and oxygen atoms in total. The third kappa shape index (κ3) is 7.03. The number of aliphatic hydroxyl groups excluding tert-OH is 7. The number of ether oxygens (including phenoxy) is 4. The van der Waals surface area contributed by atoms with E-state index < -0.39 is 92.2 Å². The van der Waals surface area contributed by atoms with E-state index in [1.807, 2.05) is 0 Å². The molecule has 0 radical (unpaired) electrons. The summed E-state index contributed by atoms with van der Waals surface area (Å²) in [6.07, 6.45) is -15.2. The molecule has 41 heavy (non-hydrogen) atoms. The van der Waals surface area contributed by atoms with Gasteiger partial charge in [0.2, 0.25) is 12.2 Å². The molecular formula is C26H35NO14. The lowest BCUT2D eigenvalue weighted by Crippen LogP contribution is -2.63. The van der Waals surface area contributed by atoms with Crippen molar-refractivity contribution in [3.05, 3.63) is 40.2 Å². The Hall–Kier alpha value is -2.70. The van der Waals surface area contributed by atoms with E-state index in [1.54, 1.807) is 19.1 Å². The molecule has 2 aliphatic rings. The van der Waals surface area contributed by atoms with Crippen LogP contribution >= 0.6 is 0 Å². The summed E-state index contributed by atoms with van der Waals surface area (Å²) in [6, 6.07) is 4.81. The fourth-order valence-electron chi connectivity index (χ4n) is 4.88. The Kier molecular flexibility index (Phi) is 9.97. The molecule has 1 amide bonds. The molecule has 0 spiro atoms. The summed E-state index contributed by atoms with van der Waals surface area (Å²) in [4.78, 5) is 23.4. The van der Waals surface area contributed by atoms with Crippen LogP contribution in [0.1, 0.15) is 18.9 Å². The van der Waals surface area contributed by atoms with Gasteiger partial charge in [-0.25, -0.2) is 4.79 Å². The molecule has 0 saturated carbocycles. The maximum absolute atomic E-state index is 11.7. The number of rotatable bonds is 9. The number of aryl methyl sites for hydroxylation is 1. The molecule has 2 fully saturated rings. The molecule has 4 rings (SSSR count). The van der Waals surface area contributed by atoms with Crippen LogP contribution in [0.2, 0.25) is 0 Å². The van der Waals surface area contributed by atoms with Crippen LogP contribution in [0.5, 0.6) is 5.75 Å². The van der Waals surface area contributed by atoms with Crippen molar-refractivity contribution in [3.8, 4) is 5.75 Å². The van der Waals surface area contributed by atoms with E-state index in [9.17, 15) is 45.3 Å². The van der Waals surface area contributed by atoms with Crippen LogP contribution in [-0.2, 0) is 19.0 Å². The quantitative estimate of drug-likeness (QED) is 0.137. The highest BCUT2D eigenvalue weighted by atomic mass is 16.7. The predicted octanol–water partition coefficient (Wildman–Crippen LogP) is -3.00. The van der Waals surface area contributed by atoms with Gasteiger partial charge >= 0.3 is 5.63 Å². The molecule has 2 saturated heterocycles. The third-order valence-electron chi connectivity index (χ3n) is 7.09. The molecule has 11 atom stereocenters. The largest absolute Gasteiger partial charge is 0.462 e. The monoisotopic (exact) mass is 585 g/mol. The molecule has 2 aliphatic heterocycles. The minimum Gasteiger partial charge on any atom is -0.462 e. The molecule has 228 valence electrons. The molecule has 15 heteroatoms. The number of benzene rings is 1. The van der Waals surface area contributed by atoms with Crippen LogP contribution in [0.15, 0.2) is 33.5 Å². The molecule has 0 bridgehead atoms. The van der Waals surface area contributed by atoms with Crippen molar-refractivity contribution in [2.75, 3.05) is 13.2 Å². The fourth-order valence-corrected chi connectivity index (χ4v) is 4.88. The van der Waals surface area contributed by atoms with Gasteiger partial charge in [-0.15, -0.1) is 0 Å². The first kappa shape index (κ1) is 31.2. The van der Waals surface area contributed by atoms with Gasteiger partial charge in [-0.3, -0.25) is 4.79 Å². The highest BCUT2D eigenvalue weighted by Crippen LogP contribution is 2.29. The molecule has 3 heterocycles. The smallest absolute Gasteiger partial charge is 0.336 e. The van der Waals surface area contributed by atoms with Gasteiger partial charge in [0.1, 0.15) is 54.1 Å². The van der Waals surface area contributed by atoms with Gasteiger partial charge in [0.25, 0.3) is 0 Å². The Morgan fingerprint density at radius 2 is 1.83 bits per heavy atom. The molecule has 0 aliphatic carbocycles. The first-order valence-electron chi connectivity index (χ1n) is 13.0. The first-order chi connectivity index (χ1) is 19.4. The lowest BCUT2D eigenvalue weighted by molar-refractivity contribution is -0.301. The number of hydrogen-bond donors (Lipinski definition) is 8. The van der Waals surface area contributed by atoms with E-state index in [-0.39, 0.29) is 17.8 Å². The van der Waals surface area contributed by atoms with Gasteiger partial charge in [-0.05, 0) is 24.6 Å². The highest BCUT2D eigenvalue weighted by molar-refractivity contribution is 5.81. The van der Waals surface area contributed by atoms with Crippen molar-refractivity contribution >= 4 is 16.9 Å². The van der Waals surface area contributed by atoms with E-state index in [0.717, 1.165) is 0 Å².